The first-order valence-corrected chi connectivity index (χ1v) is 14.1. The second-order valence-corrected chi connectivity index (χ2v) is 11.2. The number of rotatable bonds is 12. The van der Waals surface area contributed by atoms with E-state index in [9.17, 15) is 14.5 Å². The molecule has 40 heavy (non-hydrogen) atoms. The van der Waals surface area contributed by atoms with Gasteiger partial charge in [0.1, 0.15) is 29.7 Å². The van der Waals surface area contributed by atoms with Crippen molar-refractivity contribution in [1.82, 2.24) is 20.0 Å². The molecular formula is C25H36FN6O7P. The fraction of sp³-hybridized carbons (Fsp3) is 0.520. The van der Waals surface area contributed by atoms with E-state index in [1.807, 2.05) is 0 Å². The molecule has 3 N–H and O–H groups in total. The zero-order valence-electron chi connectivity index (χ0n) is 23.3. The number of halogens is 1. The molecule has 0 unspecified atom stereocenters. The predicted molar refractivity (Wildman–Crippen MR) is 147 cm³/mol. The van der Waals surface area contributed by atoms with Crippen LogP contribution in [0.5, 0.6) is 5.75 Å². The number of ether oxygens (including phenoxy) is 2. The molecule has 2 heterocycles. The van der Waals surface area contributed by atoms with Crippen LogP contribution in [0.25, 0.3) is 0 Å². The maximum atomic E-state index is 15.9. The Hall–Kier alpha value is -3.16. The number of imidazole rings is 1. The smallest absolute Gasteiger partial charge is 0.459 e. The monoisotopic (exact) mass is 582 g/mol. The lowest BCUT2D eigenvalue weighted by molar-refractivity contribution is -0.149. The van der Waals surface area contributed by atoms with Gasteiger partial charge in [-0.05, 0) is 46.5 Å². The van der Waals surface area contributed by atoms with Crippen LogP contribution in [0.1, 0.15) is 39.6 Å². The number of aliphatic imine (C=N–C) groups is 2. The largest absolute Gasteiger partial charge is 0.462 e. The van der Waals surface area contributed by atoms with Crippen LogP contribution in [-0.4, -0.2) is 83.9 Å². The van der Waals surface area contributed by atoms with Crippen molar-refractivity contribution < 1.29 is 37.4 Å². The third kappa shape index (κ3) is 6.94. The summed E-state index contributed by atoms with van der Waals surface area (Å²) in [5.74, 6) is 0.0561. The Morgan fingerprint density at radius 3 is 2.60 bits per heavy atom. The van der Waals surface area contributed by atoms with Crippen molar-refractivity contribution >= 4 is 32.1 Å². The number of hydrogen-bond acceptors (Lipinski definition) is 10. The van der Waals surface area contributed by atoms with Crippen LogP contribution in [-0.2, 0) is 23.4 Å². The highest BCUT2D eigenvalue weighted by atomic mass is 31.2. The molecule has 0 bridgehead atoms. The molecule has 15 heteroatoms. The number of para-hydroxylation sites is 1. The number of nitrogens with one attached hydrogen (secondary N) is 2. The summed E-state index contributed by atoms with van der Waals surface area (Å²) in [7, 11) is -1.08. The van der Waals surface area contributed by atoms with Crippen LogP contribution in [0.2, 0.25) is 0 Å². The number of esters is 1. The van der Waals surface area contributed by atoms with Crippen molar-refractivity contribution in [2.24, 2.45) is 9.98 Å². The van der Waals surface area contributed by atoms with Crippen molar-refractivity contribution in [1.29, 1.82) is 0 Å². The third-order valence-corrected chi connectivity index (χ3v) is 7.65. The maximum Gasteiger partial charge on any atom is 0.459 e. The zero-order valence-corrected chi connectivity index (χ0v) is 24.2. The highest BCUT2D eigenvalue weighted by Gasteiger charge is 2.56. The van der Waals surface area contributed by atoms with Crippen molar-refractivity contribution in [3.8, 4) is 5.75 Å². The lowest BCUT2D eigenvalue weighted by atomic mass is 9.98. The maximum absolute atomic E-state index is 15.9. The Morgan fingerprint density at radius 1 is 1.35 bits per heavy atom. The number of amidine groups is 1. The van der Waals surface area contributed by atoms with E-state index in [4.69, 9.17) is 18.5 Å². The molecule has 1 aliphatic rings. The third-order valence-electron chi connectivity index (χ3n) is 6.01. The van der Waals surface area contributed by atoms with Crippen LogP contribution >= 0.6 is 7.75 Å². The fourth-order valence-corrected chi connectivity index (χ4v) is 5.54. The lowest BCUT2D eigenvalue weighted by Crippen LogP contribution is -2.41. The van der Waals surface area contributed by atoms with E-state index in [2.05, 4.69) is 32.1 Å². The second-order valence-electron chi connectivity index (χ2n) is 9.46. The Balaban J connectivity index is 1.84. The van der Waals surface area contributed by atoms with Crippen molar-refractivity contribution in [2.75, 3.05) is 20.7 Å². The Morgan fingerprint density at radius 2 is 2.02 bits per heavy atom. The van der Waals surface area contributed by atoms with Gasteiger partial charge in [0.05, 0.1) is 19.0 Å². The summed E-state index contributed by atoms with van der Waals surface area (Å²) >= 11 is 0. The molecule has 1 aromatic heterocycles. The number of carbonyl (C=O) groups excluding carboxylic acids is 1. The van der Waals surface area contributed by atoms with Crippen LogP contribution in [0.15, 0.2) is 46.6 Å². The van der Waals surface area contributed by atoms with E-state index >= 15 is 4.39 Å². The Labute approximate surface area is 232 Å². The van der Waals surface area contributed by atoms with Gasteiger partial charge in [-0.25, -0.2) is 18.9 Å². The summed E-state index contributed by atoms with van der Waals surface area (Å²) in [6.45, 7) is 8.93. The van der Waals surface area contributed by atoms with E-state index in [0.29, 0.717) is 11.5 Å². The van der Waals surface area contributed by atoms with E-state index in [1.165, 1.54) is 17.8 Å². The lowest BCUT2D eigenvalue weighted by Gasteiger charge is -2.25. The van der Waals surface area contributed by atoms with Crippen LogP contribution < -0.4 is 14.9 Å². The average Bonchev–Trinajstić information content (AvgIpc) is 3.41. The van der Waals surface area contributed by atoms with Crippen molar-refractivity contribution in [2.45, 2.75) is 63.9 Å². The number of aliphatic hydroxyl groups is 1. The van der Waals surface area contributed by atoms with Gasteiger partial charge in [-0.1, -0.05) is 18.2 Å². The molecule has 0 spiro atoms. The van der Waals surface area contributed by atoms with E-state index < -0.39 is 56.6 Å². The topological polar surface area (TPSA) is 158 Å². The molecule has 6 atom stereocenters. The van der Waals surface area contributed by atoms with Crippen LogP contribution in [0.4, 0.5) is 10.2 Å². The number of nitrogens with zero attached hydrogens (tertiary/aromatic N) is 4. The fourth-order valence-electron chi connectivity index (χ4n) is 4.04. The van der Waals surface area contributed by atoms with Gasteiger partial charge in [-0.3, -0.25) is 18.9 Å². The van der Waals surface area contributed by atoms with E-state index in [1.54, 1.807) is 58.3 Å². The minimum atomic E-state index is -4.28. The number of aromatic nitrogens is 2. The Kier molecular flexibility index (Phi) is 10.2. The summed E-state index contributed by atoms with van der Waals surface area (Å²) < 4.78 is 53.2. The molecule has 1 aromatic carbocycles. The first kappa shape index (κ1) is 31.4. The zero-order chi connectivity index (χ0) is 29.7. The van der Waals surface area contributed by atoms with Crippen LogP contribution in [0, 0.1) is 0 Å². The highest BCUT2D eigenvalue weighted by Crippen LogP contribution is 2.48. The molecule has 0 aliphatic carbocycles. The Bertz CT molecular complexity index is 1260. The summed E-state index contributed by atoms with van der Waals surface area (Å²) in [5, 5.41) is 16.3. The summed E-state index contributed by atoms with van der Waals surface area (Å²) in [6.07, 6.45) is -3.50. The molecule has 1 aliphatic heterocycles. The summed E-state index contributed by atoms with van der Waals surface area (Å²) in [4.78, 5) is 24.7. The first-order chi connectivity index (χ1) is 18.9. The van der Waals surface area contributed by atoms with Crippen LogP contribution in [0.3, 0.4) is 0 Å². The van der Waals surface area contributed by atoms with Gasteiger partial charge in [0.2, 0.25) is 0 Å². The van der Waals surface area contributed by atoms with Gasteiger partial charge in [-0.2, -0.15) is 5.09 Å². The molecule has 0 saturated carbocycles. The van der Waals surface area contributed by atoms with E-state index in [0.717, 1.165) is 6.92 Å². The van der Waals surface area contributed by atoms with Crippen molar-refractivity contribution in [3.63, 3.8) is 0 Å². The number of benzene rings is 1. The molecule has 13 nitrogen and oxygen atoms in total. The number of aliphatic hydroxyl groups excluding tert-OH is 1. The second kappa shape index (κ2) is 13.0. The van der Waals surface area contributed by atoms with Gasteiger partial charge in [0.15, 0.2) is 23.6 Å². The van der Waals surface area contributed by atoms with Gasteiger partial charge in [0.25, 0.3) is 0 Å². The minimum absolute atomic E-state index is 0.162. The number of alkyl halides is 1. The summed E-state index contributed by atoms with van der Waals surface area (Å²) in [6, 6.07) is 7.06. The minimum Gasteiger partial charge on any atom is -0.462 e. The highest BCUT2D eigenvalue weighted by molar-refractivity contribution is 7.52. The number of hydrogen-bond donors (Lipinski definition) is 3. The normalized spacial score (nSPS) is 25.3. The SMILES string of the molecule is C=Nc1c(C(=NC)NC)ncn1[C@@H]1O[C@H](CO[P@](=O)(N[C@@H](C)C(=O)OC(C)C)Oc2ccccc2)[C@@H](O)[C@@]1(C)F. The predicted octanol–water partition coefficient (Wildman–Crippen LogP) is 2.93. The quantitative estimate of drug-likeness (QED) is 0.147. The molecule has 220 valence electrons. The molecule has 1 fully saturated rings. The molecular weight excluding hydrogens is 546 g/mol. The molecule has 0 radical (unpaired) electrons. The first-order valence-electron chi connectivity index (χ1n) is 12.5. The number of carbonyl (C=O) groups is 1. The van der Waals surface area contributed by atoms with Gasteiger partial charge in [0, 0.05) is 14.1 Å². The molecule has 3 rings (SSSR count). The van der Waals surface area contributed by atoms with Gasteiger partial charge >= 0.3 is 13.7 Å². The summed E-state index contributed by atoms with van der Waals surface area (Å²) in [5.41, 5.74) is -2.04. The average molecular weight is 583 g/mol. The van der Waals surface area contributed by atoms with Gasteiger partial charge in [-0.15, -0.1) is 0 Å². The molecule has 1 saturated heterocycles. The molecule has 2 aromatic rings. The van der Waals surface area contributed by atoms with Crippen molar-refractivity contribution in [3.05, 3.63) is 42.4 Å². The standard InChI is InChI=1S/C25H36FN6O7P/c1-15(2)37-23(34)16(3)31-40(35,39-17-11-9-8-10-12-17)36-13-18-20(33)25(4,26)24(38-18)32-14-30-19(22(32)29-7)21(27-5)28-6/h8-12,14-16,18,20,24,33H,7,13H2,1-6H3,(H,27,28)(H,31,35)/t16-,18+,20+,24+,25+,40+/m0/s1. The molecule has 0 amide bonds. The van der Waals surface area contributed by atoms with Gasteiger partial charge < -0.3 is 24.4 Å². The van der Waals surface area contributed by atoms with E-state index in [-0.39, 0.29) is 11.6 Å².